The van der Waals surface area contributed by atoms with E-state index in [1.165, 1.54) is 9.13 Å². The van der Waals surface area contributed by atoms with Crippen LogP contribution in [-0.4, -0.2) is 25.8 Å². The lowest BCUT2D eigenvalue weighted by atomic mass is 10.1. The van der Waals surface area contributed by atoms with Gasteiger partial charge in [-0.1, -0.05) is 32.0 Å². The number of benzene rings is 2. The number of hydrogen-bond donors (Lipinski definition) is 0. The summed E-state index contributed by atoms with van der Waals surface area (Å²) in [5, 5.41) is 9.43. The molecule has 32 heavy (non-hydrogen) atoms. The summed E-state index contributed by atoms with van der Waals surface area (Å²) in [6.45, 7) is 4.48. The lowest BCUT2D eigenvalue weighted by Crippen LogP contribution is -2.41. The maximum Gasteiger partial charge on any atom is 0.337 e. The molecule has 0 aliphatic heterocycles. The standard InChI is InChI=1S/C24H23N5O3/c1-16(2)13-28-23(30)21-22(29(24(28)31)19-8-10-20(32-3)11-9-19)26-15-27(21)14-18-7-5-4-6-17(18)12-25/h4-11,15-16H,13-14H2,1-3H3. The summed E-state index contributed by atoms with van der Waals surface area (Å²) in [6, 6.07) is 16.4. The molecule has 0 radical (unpaired) electrons. The highest BCUT2D eigenvalue weighted by molar-refractivity contribution is 5.72. The van der Waals surface area contributed by atoms with Crippen LogP contribution in [0.25, 0.3) is 16.9 Å². The van der Waals surface area contributed by atoms with Crippen molar-refractivity contribution in [2.45, 2.75) is 26.9 Å². The van der Waals surface area contributed by atoms with Gasteiger partial charge in [0.2, 0.25) is 0 Å². The molecular weight excluding hydrogens is 406 g/mol. The number of rotatable bonds is 6. The number of hydrogen-bond acceptors (Lipinski definition) is 5. The van der Waals surface area contributed by atoms with Crippen molar-refractivity contribution in [3.63, 3.8) is 0 Å². The van der Waals surface area contributed by atoms with Crippen molar-refractivity contribution in [3.05, 3.63) is 86.8 Å². The molecule has 0 saturated heterocycles. The highest BCUT2D eigenvalue weighted by atomic mass is 16.5. The van der Waals surface area contributed by atoms with E-state index in [1.807, 2.05) is 26.0 Å². The van der Waals surface area contributed by atoms with E-state index in [9.17, 15) is 14.9 Å². The van der Waals surface area contributed by atoms with Crippen molar-refractivity contribution >= 4 is 11.2 Å². The Labute approximate surface area is 184 Å². The minimum absolute atomic E-state index is 0.0952. The molecule has 162 valence electrons. The first-order chi connectivity index (χ1) is 15.4. The van der Waals surface area contributed by atoms with Crippen LogP contribution in [0.1, 0.15) is 25.0 Å². The lowest BCUT2D eigenvalue weighted by Gasteiger charge is -2.14. The lowest BCUT2D eigenvalue weighted by molar-refractivity contribution is 0.414. The number of ether oxygens (including phenoxy) is 1. The second-order valence-electron chi connectivity index (χ2n) is 7.94. The number of fused-ring (bicyclic) bond motifs is 1. The molecule has 0 aliphatic carbocycles. The number of imidazole rings is 1. The fraction of sp³-hybridized carbons (Fsp3) is 0.250. The van der Waals surface area contributed by atoms with Crippen LogP contribution < -0.4 is 16.0 Å². The van der Waals surface area contributed by atoms with Crippen LogP contribution in [0.5, 0.6) is 5.75 Å². The minimum atomic E-state index is -0.441. The molecule has 2 aromatic carbocycles. The molecule has 0 amide bonds. The van der Waals surface area contributed by atoms with E-state index < -0.39 is 11.2 Å². The Bertz CT molecular complexity index is 1440. The third-order valence-electron chi connectivity index (χ3n) is 5.26. The van der Waals surface area contributed by atoms with Gasteiger partial charge in [-0.3, -0.25) is 9.36 Å². The first-order valence-corrected chi connectivity index (χ1v) is 10.3. The third kappa shape index (κ3) is 3.69. The normalized spacial score (nSPS) is 11.1. The zero-order valence-electron chi connectivity index (χ0n) is 18.1. The molecule has 8 nitrogen and oxygen atoms in total. The highest BCUT2D eigenvalue weighted by Gasteiger charge is 2.20. The summed E-state index contributed by atoms with van der Waals surface area (Å²) < 4.78 is 9.63. The van der Waals surface area contributed by atoms with Gasteiger partial charge in [0.15, 0.2) is 11.2 Å². The summed E-state index contributed by atoms with van der Waals surface area (Å²) in [4.78, 5) is 31.2. The third-order valence-corrected chi connectivity index (χ3v) is 5.26. The zero-order chi connectivity index (χ0) is 22.8. The molecule has 0 saturated carbocycles. The molecule has 8 heteroatoms. The zero-order valence-corrected chi connectivity index (χ0v) is 18.1. The van der Waals surface area contributed by atoms with Gasteiger partial charge >= 0.3 is 5.69 Å². The van der Waals surface area contributed by atoms with E-state index in [0.29, 0.717) is 22.5 Å². The topological polar surface area (TPSA) is 94.8 Å². The van der Waals surface area contributed by atoms with Gasteiger partial charge in [-0.25, -0.2) is 14.3 Å². The molecular formula is C24H23N5O3. The van der Waals surface area contributed by atoms with Gasteiger partial charge in [0, 0.05) is 6.54 Å². The summed E-state index contributed by atoms with van der Waals surface area (Å²) in [5.41, 5.74) is 1.64. The first-order valence-electron chi connectivity index (χ1n) is 10.3. The van der Waals surface area contributed by atoms with Crippen molar-refractivity contribution in [3.8, 4) is 17.5 Å². The van der Waals surface area contributed by atoms with Crippen LogP contribution in [-0.2, 0) is 13.1 Å². The summed E-state index contributed by atoms with van der Waals surface area (Å²) in [6.07, 6.45) is 1.54. The SMILES string of the molecule is COc1ccc(-n2c(=O)n(CC(C)C)c(=O)c3c2ncn3Cc2ccccc2C#N)cc1. The first kappa shape index (κ1) is 21.1. The number of nitrogens with zero attached hydrogens (tertiary/aromatic N) is 5. The Morgan fingerprint density at radius 2 is 1.81 bits per heavy atom. The van der Waals surface area contributed by atoms with Crippen LogP contribution in [0.3, 0.4) is 0 Å². The van der Waals surface area contributed by atoms with Crippen molar-refractivity contribution in [2.24, 2.45) is 5.92 Å². The molecule has 4 rings (SSSR count). The molecule has 2 heterocycles. The van der Waals surface area contributed by atoms with Gasteiger partial charge in [-0.05, 0) is 41.8 Å². The van der Waals surface area contributed by atoms with Gasteiger partial charge in [0.25, 0.3) is 5.56 Å². The second kappa shape index (κ2) is 8.55. The van der Waals surface area contributed by atoms with Gasteiger partial charge in [-0.2, -0.15) is 5.26 Å². The van der Waals surface area contributed by atoms with Crippen molar-refractivity contribution in [2.75, 3.05) is 7.11 Å². The molecule has 2 aromatic heterocycles. The molecule has 0 N–H and O–H groups in total. The van der Waals surface area contributed by atoms with E-state index >= 15 is 0 Å². The molecule has 0 aliphatic rings. The van der Waals surface area contributed by atoms with Gasteiger partial charge < -0.3 is 9.30 Å². The molecule has 0 atom stereocenters. The van der Waals surface area contributed by atoms with Crippen LogP contribution in [0.2, 0.25) is 0 Å². The van der Waals surface area contributed by atoms with Gasteiger partial charge in [0.1, 0.15) is 5.75 Å². The molecule has 0 fully saturated rings. The van der Waals surface area contributed by atoms with Crippen molar-refractivity contribution in [1.82, 2.24) is 18.7 Å². The van der Waals surface area contributed by atoms with E-state index in [4.69, 9.17) is 4.74 Å². The predicted molar refractivity (Wildman–Crippen MR) is 121 cm³/mol. The molecule has 0 spiro atoms. The van der Waals surface area contributed by atoms with Crippen LogP contribution in [0.15, 0.2) is 64.4 Å². The largest absolute Gasteiger partial charge is 0.497 e. The summed E-state index contributed by atoms with van der Waals surface area (Å²) in [7, 11) is 1.57. The average molecular weight is 429 g/mol. The Balaban J connectivity index is 1.98. The fourth-order valence-electron chi connectivity index (χ4n) is 3.74. The molecule has 0 unspecified atom stereocenters. The molecule has 4 aromatic rings. The second-order valence-corrected chi connectivity index (χ2v) is 7.94. The quantitative estimate of drug-likeness (QED) is 0.470. The average Bonchev–Trinajstić information content (AvgIpc) is 3.20. The van der Waals surface area contributed by atoms with Crippen molar-refractivity contribution < 1.29 is 4.74 Å². The predicted octanol–water partition coefficient (Wildman–Crippen LogP) is 2.93. The Kier molecular flexibility index (Phi) is 5.65. The molecule has 0 bridgehead atoms. The maximum atomic E-state index is 13.4. The highest BCUT2D eigenvalue weighted by Crippen LogP contribution is 2.18. The fourth-order valence-corrected chi connectivity index (χ4v) is 3.74. The Hall–Kier alpha value is -4.12. The minimum Gasteiger partial charge on any atom is -0.497 e. The maximum absolute atomic E-state index is 13.4. The van der Waals surface area contributed by atoms with Crippen molar-refractivity contribution in [1.29, 1.82) is 5.26 Å². The van der Waals surface area contributed by atoms with E-state index in [2.05, 4.69) is 11.1 Å². The van der Waals surface area contributed by atoms with Crippen LogP contribution in [0.4, 0.5) is 0 Å². The smallest absolute Gasteiger partial charge is 0.337 e. The Morgan fingerprint density at radius 3 is 2.47 bits per heavy atom. The number of methoxy groups -OCH3 is 1. The monoisotopic (exact) mass is 429 g/mol. The summed E-state index contributed by atoms with van der Waals surface area (Å²) >= 11 is 0. The van der Waals surface area contributed by atoms with Crippen LogP contribution in [0, 0.1) is 17.2 Å². The number of aromatic nitrogens is 4. The van der Waals surface area contributed by atoms with E-state index in [-0.39, 0.29) is 24.7 Å². The van der Waals surface area contributed by atoms with E-state index in [0.717, 1.165) is 5.56 Å². The van der Waals surface area contributed by atoms with E-state index in [1.54, 1.807) is 54.4 Å². The summed E-state index contributed by atoms with van der Waals surface area (Å²) in [5.74, 6) is 0.755. The Morgan fingerprint density at radius 1 is 1.09 bits per heavy atom. The van der Waals surface area contributed by atoms with Gasteiger partial charge in [0.05, 0.1) is 37.3 Å². The van der Waals surface area contributed by atoms with Gasteiger partial charge in [-0.15, -0.1) is 0 Å². The van der Waals surface area contributed by atoms with Crippen LogP contribution >= 0.6 is 0 Å². The number of nitriles is 1.